The fourth-order valence-electron chi connectivity index (χ4n) is 3.66. The first-order chi connectivity index (χ1) is 9.59. The van der Waals surface area contributed by atoms with Crippen molar-refractivity contribution in [3.8, 4) is 0 Å². The second kappa shape index (κ2) is 3.62. The first-order valence-electron chi connectivity index (χ1n) is 6.73. The number of H-pyrrole nitrogens is 1. The Morgan fingerprint density at radius 2 is 2.05 bits per heavy atom. The number of amides is 1. The van der Waals surface area contributed by atoms with Gasteiger partial charge in [-0.05, 0) is 18.9 Å². The summed E-state index contributed by atoms with van der Waals surface area (Å²) in [4.78, 5) is 26.4. The zero-order valence-electron chi connectivity index (χ0n) is 10.8. The number of hydrogen-bond acceptors (Lipinski definition) is 2. The van der Waals surface area contributed by atoms with E-state index in [0.29, 0.717) is 19.3 Å². The minimum atomic E-state index is -0.765. The number of carbonyl (C=O) groups is 2. The number of rotatable bonds is 1. The number of anilines is 1. The highest BCUT2D eigenvalue weighted by molar-refractivity contribution is 6.06. The molecule has 20 heavy (non-hydrogen) atoms. The largest absolute Gasteiger partial charge is 0.481 e. The highest BCUT2D eigenvalue weighted by atomic mass is 16.4. The fraction of sp³-hybridized carbons (Fsp3) is 0.333. The van der Waals surface area contributed by atoms with E-state index in [1.165, 1.54) is 0 Å². The average Bonchev–Trinajstić information content (AvgIpc) is 2.74. The Labute approximate surface area is 115 Å². The monoisotopic (exact) mass is 270 g/mol. The van der Waals surface area contributed by atoms with Crippen LogP contribution in [0.15, 0.2) is 24.3 Å². The molecule has 2 aliphatic rings. The summed E-state index contributed by atoms with van der Waals surface area (Å²) in [5.41, 5.74) is 2.49. The van der Waals surface area contributed by atoms with Crippen LogP contribution in [-0.2, 0) is 15.0 Å². The Morgan fingerprint density at radius 3 is 2.80 bits per heavy atom. The minimum absolute atomic E-state index is 0.0221. The van der Waals surface area contributed by atoms with Crippen LogP contribution in [0.4, 0.5) is 5.69 Å². The summed E-state index contributed by atoms with van der Waals surface area (Å²) in [6, 6.07) is 7.82. The van der Waals surface area contributed by atoms with Crippen molar-refractivity contribution >= 4 is 28.5 Å². The van der Waals surface area contributed by atoms with E-state index >= 15 is 0 Å². The van der Waals surface area contributed by atoms with E-state index in [1.807, 2.05) is 24.3 Å². The van der Waals surface area contributed by atoms with E-state index in [0.717, 1.165) is 22.3 Å². The summed E-state index contributed by atoms with van der Waals surface area (Å²) in [5, 5.41) is 13.0. The maximum atomic E-state index is 12.0. The number of para-hydroxylation sites is 1. The van der Waals surface area contributed by atoms with E-state index in [1.54, 1.807) is 0 Å². The molecule has 5 nitrogen and oxygen atoms in total. The van der Waals surface area contributed by atoms with Crippen LogP contribution in [0.5, 0.6) is 0 Å². The van der Waals surface area contributed by atoms with Gasteiger partial charge in [-0.25, -0.2) is 0 Å². The summed E-state index contributed by atoms with van der Waals surface area (Å²) in [5.74, 6) is -1.12. The Morgan fingerprint density at radius 1 is 1.30 bits per heavy atom. The molecular weight excluding hydrogens is 256 g/mol. The summed E-state index contributed by atoms with van der Waals surface area (Å²) >= 11 is 0. The van der Waals surface area contributed by atoms with Gasteiger partial charge in [0.15, 0.2) is 0 Å². The number of aliphatic carboxylic acids is 1. The highest BCUT2D eigenvalue weighted by Crippen LogP contribution is 2.55. The molecule has 1 aromatic heterocycles. The summed E-state index contributed by atoms with van der Waals surface area (Å²) in [7, 11) is 0. The van der Waals surface area contributed by atoms with Gasteiger partial charge >= 0.3 is 5.97 Å². The van der Waals surface area contributed by atoms with Gasteiger partial charge in [-0.1, -0.05) is 18.2 Å². The molecule has 4 rings (SSSR count). The normalized spacial score (nSPS) is 28.0. The lowest BCUT2D eigenvalue weighted by molar-refractivity contribution is -0.148. The molecule has 1 spiro atoms. The zero-order chi connectivity index (χ0) is 13.9. The van der Waals surface area contributed by atoms with Gasteiger partial charge in [-0.2, -0.15) is 0 Å². The van der Waals surface area contributed by atoms with Crippen molar-refractivity contribution in [1.82, 2.24) is 4.98 Å². The number of carbonyl (C=O) groups excluding carboxylic acids is 1. The first-order valence-corrected chi connectivity index (χ1v) is 6.73. The van der Waals surface area contributed by atoms with Gasteiger partial charge in [0.25, 0.3) is 0 Å². The highest BCUT2D eigenvalue weighted by Gasteiger charge is 2.53. The van der Waals surface area contributed by atoms with Crippen LogP contribution in [0.1, 0.15) is 25.0 Å². The molecule has 0 radical (unpaired) electrons. The Balaban J connectivity index is 1.86. The molecule has 2 heterocycles. The molecule has 1 aliphatic carbocycles. The van der Waals surface area contributed by atoms with E-state index in [4.69, 9.17) is 5.11 Å². The lowest BCUT2D eigenvalue weighted by Gasteiger charge is -2.47. The van der Waals surface area contributed by atoms with Crippen molar-refractivity contribution in [2.45, 2.75) is 24.7 Å². The van der Waals surface area contributed by atoms with Crippen LogP contribution in [-0.4, -0.2) is 22.0 Å². The zero-order valence-corrected chi connectivity index (χ0v) is 10.8. The van der Waals surface area contributed by atoms with Crippen LogP contribution in [0.3, 0.4) is 0 Å². The summed E-state index contributed by atoms with van der Waals surface area (Å²) < 4.78 is 0. The smallest absolute Gasteiger partial charge is 0.306 e. The van der Waals surface area contributed by atoms with E-state index in [2.05, 4.69) is 10.3 Å². The van der Waals surface area contributed by atoms with Gasteiger partial charge in [0.2, 0.25) is 5.91 Å². The topological polar surface area (TPSA) is 82.2 Å². The van der Waals surface area contributed by atoms with Crippen molar-refractivity contribution in [2.75, 3.05) is 5.32 Å². The Hall–Kier alpha value is -2.30. The van der Waals surface area contributed by atoms with Crippen LogP contribution in [0, 0.1) is 5.92 Å². The van der Waals surface area contributed by atoms with Crippen molar-refractivity contribution in [2.24, 2.45) is 5.92 Å². The quantitative estimate of drug-likeness (QED) is 0.743. The maximum Gasteiger partial charge on any atom is 0.306 e. The third-order valence-electron chi connectivity index (χ3n) is 4.62. The van der Waals surface area contributed by atoms with Gasteiger partial charge in [-0.15, -0.1) is 0 Å². The lowest BCUT2D eigenvalue weighted by Crippen LogP contribution is -2.49. The minimum Gasteiger partial charge on any atom is -0.481 e. The van der Waals surface area contributed by atoms with Crippen LogP contribution in [0.2, 0.25) is 0 Å². The van der Waals surface area contributed by atoms with Gasteiger partial charge in [0.05, 0.1) is 11.6 Å². The number of fused-ring (bicyclic) bond motifs is 4. The molecule has 1 amide bonds. The molecule has 102 valence electrons. The first kappa shape index (κ1) is 11.5. The third-order valence-corrected chi connectivity index (χ3v) is 4.62. The van der Waals surface area contributed by atoms with Crippen molar-refractivity contribution < 1.29 is 14.7 Å². The second-order valence-electron chi connectivity index (χ2n) is 5.87. The predicted octanol–water partition coefficient (Wildman–Crippen LogP) is 2.24. The van der Waals surface area contributed by atoms with Gasteiger partial charge in [0.1, 0.15) is 0 Å². The van der Waals surface area contributed by atoms with E-state index < -0.39 is 5.97 Å². The second-order valence-corrected chi connectivity index (χ2v) is 5.87. The van der Waals surface area contributed by atoms with Gasteiger partial charge < -0.3 is 15.4 Å². The molecule has 0 bridgehead atoms. The van der Waals surface area contributed by atoms with Gasteiger partial charge in [-0.3, -0.25) is 9.59 Å². The number of carboxylic acids is 1. The van der Waals surface area contributed by atoms with Gasteiger partial charge in [0, 0.05) is 28.4 Å². The summed E-state index contributed by atoms with van der Waals surface area (Å²) in [6.07, 6.45) is 1.45. The van der Waals surface area contributed by atoms with E-state index in [9.17, 15) is 9.59 Å². The number of benzene rings is 1. The van der Waals surface area contributed by atoms with E-state index in [-0.39, 0.29) is 17.2 Å². The molecule has 1 fully saturated rings. The molecule has 1 aromatic carbocycles. The standard InChI is InChI=1S/C15H14N2O3/c18-11-7-15(5-8(6-15)14(19)20)13-12(17-11)9-3-1-2-4-10(9)16-13/h1-4,8,16H,5-7H2,(H,17,18)(H,19,20). The SMILES string of the molecule is O=C1CC2(CC(C(=O)O)C2)c2[nH]c3ccccc3c2N1. The molecule has 2 aromatic rings. The third kappa shape index (κ3) is 1.37. The lowest BCUT2D eigenvalue weighted by atomic mass is 9.57. The van der Waals surface area contributed by atoms with Crippen molar-refractivity contribution in [3.05, 3.63) is 30.0 Å². The Kier molecular flexibility index (Phi) is 2.09. The number of nitrogens with one attached hydrogen (secondary N) is 2. The summed E-state index contributed by atoms with van der Waals surface area (Å²) in [6.45, 7) is 0. The number of hydrogen-bond donors (Lipinski definition) is 3. The maximum absolute atomic E-state index is 12.0. The van der Waals surface area contributed by atoms with Crippen LogP contribution < -0.4 is 5.32 Å². The fourth-order valence-corrected chi connectivity index (χ4v) is 3.66. The molecule has 0 saturated heterocycles. The Bertz CT molecular complexity index is 741. The molecule has 1 saturated carbocycles. The molecule has 3 N–H and O–H groups in total. The molecule has 0 atom stereocenters. The number of carboxylic acid groups (broad SMARTS) is 1. The van der Waals surface area contributed by atoms with Crippen LogP contribution in [0.25, 0.3) is 10.9 Å². The predicted molar refractivity (Wildman–Crippen MR) is 73.6 cm³/mol. The average molecular weight is 270 g/mol. The van der Waals surface area contributed by atoms with Crippen LogP contribution >= 0.6 is 0 Å². The molecule has 5 heteroatoms. The van der Waals surface area contributed by atoms with Crippen molar-refractivity contribution in [1.29, 1.82) is 0 Å². The molecule has 0 unspecified atom stereocenters. The molecule has 1 aliphatic heterocycles. The number of aromatic amines is 1. The number of aromatic nitrogens is 1. The van der Waals surface area contributed by atoms with Crippen molar-refractivity contribution in [3.63, 3.8) is 0 Å². The molecular formula is C15H14N2O3.